The van der Waals surface area contributed by atoms with Gasteiger partial charge in [-0.25, -0.2) is 14.6 Å². The lowest BCUT2D eigenvalue weighted by Gasteiger charge is -2.14. The van der Waals surface area contributed by atoms with E-state index >= 15 is 0 Å². The second kappa shape index (κ2) is 12.2. The average molecular weight is 483 g/mol. The van der Waals surface area contributed by atoms with Crippen molar-refractivity contribution in [1.82, 2.24) is 10.3 Å². The average Bonchev–Trinajstić information content (AvgIpc) is 2.86. The molecule has 1 heterocycles. The first-order valence-corrected chi connectivity index (χ1v) is 11.6. The van der Waals surface area contributed by atoms with Gasteiger partial charge >= 0.3 is 11.9 Å². The SMILES string of the molecule is COCCNC(=O)CSc1ccccc1C(=O)OCc1nc2ccccc2c(C)c1C(=O)OC. The maximum atomic E-state index is 12.9. The van der Waals surface area contributed by atoms with E-state index in [0.29, 0.717) is 40.4 Å². The first-order valence-electron chi connectivity index (χ1n) is 10.6. The summed E-state index contributed by atoms with van der Waals surface area (Å²) in [5, 5.41) is 3.56. The van der Waals surface area contributed by atoms with Crippen molar-refractivity contribution in [3.8, 4) is 0 Å². The van der Waals surface area contributed by atoms with Crippen LogP contribution in [0.5, 0.6) is 0 Å². The molecule has 0 aliphatic carbocycles. The molecule has 0 fully saturated rings. The van der Waals surface area contributed by atoms with Crippen LogP contribution in [0.4, 0.5) is 0 Å². The lowest BCUT2D eigenvalue weighted by molar-refractivity contribution is -0.118. The van der Waals surface area contributed by atoms with Gasteiger partial charge in [-0.2, -0.15) is 0 Å². The Morgan fingerprint density at radius 1 is 1.00 bits per heavy atom. The van der Waals surface area contributed by atoms with Gasteiger partial charge in [-0.05, 0) is 30.7 Å². The highest BCUT2D eigenvalue weighted by Crippen LogP contribution is 2.26. The van der Waals surface area contributed by atoms with Crippen LogP contribution in [-0.4, -0.2) is 56.0 Å². The molecule has 1 amide bonds. The third kappa shape index (κ3) is 6.12. The van der Waals surface area contributed by atoms with Gasteiger partial charge in [0.25, 0.3) is 0 Å². The Balaban J connectivity index is 1.76. The second-order valence-electron chi connectivity index (χ2n) is 7.27. The van der Waals surface area contributed by atoms with Crippen LogP contribution in [0, 0.1) is 6.92 Å². The van der Waals surface area contributed by atoms with Crippen LogP contribution in [0.15, 0.2) is 53.4 Å². The zero-order valence-electron chi connectivity index (χ0n) is 19.3. The van der Waals surface area contributed by atoms with Gasteiger partial charge in [-0.1, -0.05) is 30.3 Å². The van der Waals surface area contributed by atoms with Crippen LogP contribution < -0.4 is 5.32 Å². The van der Waals surface area contributed by atoms with Crippen molar-refractivity contribution in [1.29, 1.82) is 0 Å². The first-order chi connectivity index (χ1) is 16.5. The second-order valence-corrected chi connectivity index (χ2v) is 8.29. The van der Waals surface area contributed by atoms with Gasteiger partial charge in [0.1, 0.15) is 6.61 Å². The summed E-state index contributed by atoms with van der Waals surface area (Å²) in [6.07, 6.45) is 0. The van der Waals surface area contributed by atoms with Crippen molar-refractivity contribution in [3.05, 3.63) is 70.9 Å². The van der Waals surface area contributed by atoms with E-state index in [-0.39, 0.29) is 23.8 Å². The molecule has 0 saturated heterocycles. The molecule has 1 aromatic heterocycles. The standard InChI is InChI=1S/C25H26N2O6S/c1-16-17-8-4-6-10-19(17)27-20(23(16)25(30)32-3)14-33-24(29)18-9-5-7-11-21(18)34-15-22(28)26-12-13-31-2/h4-11H,12-15H2,1-3H3,(H,26,28). The van der Waals surface area contributed by atoms with Crippen LogP contribution in [0.3, 0.4) is 0 Å². The van der Waals surface area contributed by atoms with Gasteiger partial charge in [-0.15, -0.1) is 11.8 Å². The number of pyridine rings is 1. The number of rotatable bonds is 10. The number of ether oxygens (including phenoxy) is 3. The summed E-state index contributed by atoms with van der Waals surface area (Å²) in [4.78, 5) is 42.5. The fourth-order valence-electron chi connectivity index (χ4n) is 3.38. The number of esters is 2. The number of hydrogen-bond donors (Lipinski definition) is 1. The van der Waals surface area contributed by atoms with Gasteiger partial charge in [0, 0.05) is 23.9 Å². The van der Waals surface area contributed by atoms with E-state index in [1.54, 1.807) is 31.4 Å². The Bertz CT molecular complexity index is 1200. The number of methoxy groups -OCH3 is 2. The van der Waals surface area contributed by atoms with E-state index in [1.165, 1.54) is 18.9 Å². The van der Waals surface area contributed by atoms with Crippen LogP contribution in [-0.2, 0) is 25.6 Å². The molecule has 0 radical (unpaired) electrons. The molecule has 1 N–H and O–H groups in total. The number of carbonyl (C=O) groups excluding carboxylic acids is 3. The van der Waals surface area contributed by atoms with Gasteiger partial charge in [0.2, 0.25) is 5.91 Å². The molecule has 3 rings (SSSR count). The molecule has 0 spiro atoms. The van der Waals surface area contributed by atoms with Crippen LogP contribution in [0.25, 0.3) is 10.9 Å². The fraction of sp³-hybridized carbons (Fsp3) is 0.280. The number of fused-ring (bicyclic) bond motifs is 1. The molecule has 0 bridgehead atoms. The lowest BCUT2D eigenvalue weighted by Crippen LogP contribution is -2.28. The van der Waals surface area contributed by atoms with E-state index in [0.717, 1.165) is 5.39 Å². The number of para-hydroxylation sites is 1. The van der Waals surface area contributed by atoms with Crippen molar-refractivity contribution in [3.63, 3.8) is 0 Å². The normalized spacial score (nSPS) is 10.7. The van der Waals surface area contributed by atoms with Crippen molar-refractivity contribution >= 4 is 40.5 Å². The largest absolute Gasteiger partial charge is 0.465 e. The molecule has 2 aromatic carbocycles. The number of aryl methyl sites for hydroxylation is 1. The highest BCUT2D eigenvalue weighted by Gasteiger charge is 2.21. The van der Waals surface area contributed by atoms with Crippen LogP contribution >= 0.6 is 11.8 Å². The van der Waals surface area contributed by atoms with Gasteiger partial charge < -0.3 is 19.5 Å². The van der Waals surface area contributed by atoms with E-state index < -0.39 is 11.9 Å². The summed E-state index contributed by atoms with van der Waals surface area (Å²) in [5.41, 5.74) is 2.32. The fourth-order valence-corrected chi connectivity index (χ4v) is 4.25. The zero-order chi connectivity index (χ0) is 24.5. The topological polar surface area (TPSA) is 104 Å². The molecule has 178 valence electrons. The minimum atomic E-state index is -0.577. The molecule has 0 aliphatic heterocycles. The van der Waals surface area contributed by atoms with E-state index in [4.69, 9.17) is 14.2 Å². The van der Waals surface area contributed by atoms with Crippen LogP contribution in [0.2, 0.25) is 0 Å². The number of nitrogens with zero attached hydrogens (tertiary/aromatic N) is 1. The number of aromatic nitrogens is 1. The minimum absolute atomic E-state index is 0.145. The van der Waals surface area contributed by atoms with E-state index in [9.17, 15) is 14.4 Å². The minimum Gasteiger partial charge on any atom is -0.465 e. The first kappa shape index (κ1) is 25.2. The summed E-state index contributed by atoms with van der Waals surface area (Å²) >= 11 is 1.24. The highest BCUT2D eigenvalue weighted by molar-refractivity contribution is 8.00. The van der Waals surface area contributed by atoms with Crippen molar-refractivity contribution in [2.24, 2.45) is 0 Å². The number of benzene rings is 2. The molecular weight excluding hydrogens is 456 g/mol. The molecule has 8 nitrogen and oxygen atoms in total. The summed E-state index contributed by atoms with van der Waals surface area (Å²) < 4.78 is 15.4. The van der Waals surface area contributed by atoms with Crippen molar-refractivity contribution in [2.75, 3.05) is 33.1 Å². The van der Waals surface area contributed by atoms with Crippen LogP contribution in [0.1, 0.15) is 32.0 Å². The molecule has 0 unspecified atom stereocenters. The summed E-state index contributed by atoms with van der Waals surface area (Å²) in [5.74, 6) is -1.14. The Kier molecular flexibility index (Phi) is 9.00. The van der Waals surface area contributed by atoms with Gasteiger partial charge in [-0.3, -0.25) is 4.79 Å². The predicted molar refractivity (Wildman–Crippen MR) is 129 cm³/mol. The van der Waals surface area contributed by atoms with Crippen molar-refractivity contribution in [2.45, 2.75) is 18.4 Å². The number of hydrogen-bond acceptors (Lipinski definition) is 8. The molecule has 34 heavy (non-hydrogen) atoms. The smallest absolute Gasteiger partial charge is 0.340 e. The summed E-state index contributed by atoms with van der Waals surface area (Å²) in [6, 6.07) is 14.3. The lowest BCUT2D eigenvalue weighted by atomic mass is 10.0. The number of nitrogens with one attached hydrogen (secondary N) is 1. The molecule has 3 aromatic rings. The van der Waals surface area contributed by atoms with E-state index in [1.807, 2.05) is 31.2 Å². The Hall–Kier alpha value is -3.43. The molecule has 0 atom stereocenters. The number of amides is 1. The van der Waals surface area contributed by atoms with Crippen molar-refractivity contribution < 1.29 is 28.6 Å². The Morgan fingerprint density at radius 3 is 2.50 bits per heavy atom. The maximum absolute atomic E-state index is 12.9. The van der Waals surface area contributed by atoms with E-state index in [2.05, 4.69) is 10.3 Å². The zero-order valence-corrected chi connectivity index (χ0v) is 20.1. The molecule has 0 aliphatic rings. The summed E-state index contributed by atoms with van der Waals surface area (Å²) in [7, 11) is 2.86. The highest BCUT2D eigenvalue weighted by atomic mass is 32.2. The van der Waals surface area contributed by atoms with Gasteiger partial charge in [0.05, 0.1) is 41.8 Å². The Morgan fingerprint density at radius 2 is 1.74 bits per heavy atom. The third-order valence-corrected chi connectivity index (χ3v) is 6.12. The number of thioether (sulfide) groups is 1. The molecule has 9 heteroatoms. The maximum Gasteiger partial charge on any atom is 0.340 e. The monoisotopic (exact) mass is 482 g/mol. The van der Waals surface area contributed by atoms with Gasteiger partial charge in [0.15, 0.2) is 0 Å². The summed E-state index contributed by atoms with van der Waals surface area (Å²) in [6.45, 7) is 2.45. The number of carbonyl (C=O) groups is 3. The third-order valence-electron chi connectivity index (χ3n) is 5.05. The predicted octanol–water partition coefficient (Wildman–Crippen LogP) is 3.54. The molecular formula is C25H26N2O6S. The Labute approximate surface area is 202 Å². The molecule has 0 saturated carbocycles. The quantitative estimate of drug-likeness (QED) is 0.266.